The SMILES string of the molecule is CCCOC(=O)c1cccc(OCC)c1COc1ccn(S)n1. The van der Waals surface area contributed by atoms with Gasteiger partial charge >= 0.3 is 5.97 Å². The van der Waals surface area contributed by atoms with Crippen LogP contribution in [0.1, 0.15) is 36.2 Å². The molecule has 1 aromatic carbocycles. The maximum absolute atomic E-state index is 12.2. The third kappa shape index (κ3) is 4.66. The Labute approximate surface area is 140 Å². The zero-order valence-electron chi connectivity index (χ0n) is 13.2. The van der Waals surface area contributed by atoms with E-state index < -0.39 is 0 Å². The Morgan fingerprint density at radius 1 is 1.26 bits per heavy atom. The summed E-state index contributed by atoms with van der Waals surface area (Å²) in [6.45, 7) is 4.85. The molecule has 124 valence electrons. The van der Waals surface area contributed by atoms with Crippen LogP contribution in [-0.2, 0) is 11.3 Å². The van der Waals surface area contributed by atoms with Crippen LogP contribution in [0, 0.1) is 0 Å². The number of rotatable bonds is 8. The van der Waals surface area contributed by atoms with E-state index >= 15 is 0 Å². The fourth-order valence-corrected chi connectivity index (χ4v) is 2.14. The molecule has 0 saturated heterocycles. The summed E-state index contributed by atoms with van der Waals surface area (Å²) in [6.07, 6.45) is 2.42. The van der Waals surface area contributed by atoms with Crippen LogP contribution in [-0.4, -0.2) is 28.4 Å². The van der Waals surface area contributed by atoms with E-state index in [9.17, 15) is 4.79 Å². The third-order valence-electron chi connectivity index (χ3n) is 3.01. The first kappa shape index (κ1) is 17.2. The summed E-state index contributed by atoms with van der Waals surface area (Å²) in [6, 6.07) is 6.96. The van der Waals surface area contributed by atoms with Crippen LogP contribution in [0.2, 0.25) is 0 Å². The first-order valence-electron chi connectivity index (χ1n) is 7.45. The molecule has 0 amide bonds. The normalized spacial score (nSPS) is 10.4. The fraction of sp³-hybridized carbons (Fsp3) is 0.375. The van der Waals surface area contributed by atoms with Crippen LogP contribution < -0.4 is 9.47 Å². The molecule has 2 aromatic rings. The van der Waals surface area contributed by atoms with Crippen molar-refractivity contribution >= 4 is 18.8 Å². The lowest BCUT2D eigenvalue weighted by molar-refractivity contribution is 0.0501. The van der Waals surface area contributed by atoms with E-state index in [-0.39, 0.29) is 12.6 Å². The number of benzene rings is 1. The zero-order chi connectivity index (χ0) is 16.7. The lowest BCUT2D eigenvalue weighted by atomic mass is 10.1. The Kier molecular flexibility index (Phi) is 6.34. The lowest BCUT2D eigenvalue weighted by Crippen LogP contribution is -2.12. The molecule has 0 saturated carbocycles. The van der Waals surface area contributed by atoms with E-state index in [1.54, 1.807) is 30.5 Å². The zero-order valence-corrected chi connectivity index (χ0v) is 14.1. The quantitative estimate of drug-likeness (QED) is 0.593. The molecular weight excluding hydrogens is 316 g/mol. The summed E-state index contributed by atoms with van der Waals surface area (Å²) in [5.74, 6) is 0.634. The minimum atomic E-state index is -0.383. The third-order valence-corrected chi connectivity index (χ3v) is 3.23. The van der Waals surface area contributed by atoms with Gasteiger partial charge in [0.15, 0.2) is 0 Å². The highest BCUT2D eigenvalue weighted by Gasteiger charge is 2.18. The standard InChI is InChI=1S/C16H20N2O4S/c1-3-10-21-16(19)12-6-5-7-14(20-4-2)13(12)11-22-15-8-9-18(23)17-15/h5-9,23H,3-4,10-11H2,1-2H3. The molecule has 0 radical (unpaired) electrons. The van der Waals surface area contributed by atoms with Gasteiger partial charge in [-0.1, -0.05) is 13.0 Å². The molecule has 1 heterocycles. The van der Waals surface area contributed by atoms with Gasteiger partial charge in [0.05, 0.1) is 18.8 Å². The number of thiol groups is 1. The van der Waals surface area contributed by atoms with E-state index in [2.05, 4.69) is 17.9 Å². The number of aromatic nitrogens is 2. The maximum Gasteiger partial charge on any atom is 0.338 e. The van der Waals surface area contributed by atoms with Crippen molar-refractivity contribution in [3.8, 4) is 11.6 Å². The number of hydrogen-bond acceptors (Lipinski definition) is 6. The van der Waals surface area contributed by atoms with E-state index in [1.165, 1.54) is 4.09 Å². The van der Waals surface area contributed by atoms with Gasteiger partial charge in [-0.15, -0.1) is 5.10 Å². The molecule has 0 aliphatic rings. The minimum Gasteiger partial charge on any atom is -0.493 e. The molecule has 0 N–H and O–H groups in total. The molecule has 0 aliphatic heterocycles. The molecule has 0 unspecified atom stereocenters. The largest absolute Gasteiger partial charge is 0.493 e. The number of carbonyl (C=O) groups excluding carboxylic acids is 1. The molecule has 0 atom stereocenters. The van der Waals surface area contributed by atoms with E-state index in [1.807, 2.05) is 13.8 Å². The summed E-state index contributed by atoms with van der Waals surface area (Å²) in [4.78, 5) is 12.2. The number of hydrogen-bond donors (Lipinski definition) is 1. The Morgan fingerprint density at radius 3 is 2.74 bits per heavy atom. The highest BCUT2D eigenvalue weighted by molar-refractivity contribution is 7.78. The average molecular weight is 336 g/mol. The average Bonchev–Trinajstić information content (AvgIpc) is 2.97. The van der Waals surface area contributed by atoms with Crippen molar-refractivity contribution in [1.29, 1.82) is 0 Å². The molecule has 6 nitrogen and oxygen atoms in total. The predicted molar refractivity (Wildman–Crippen MR) is 89.1 cm³/mol. The monoisotopic (exact) mass is 336 g/mol. The van der Waals surface area contributed by atoms with Crippen LogP contribution in [0.5, 0.6) is 11.6 Å². The number of carbonyl (C=O) groups is 1. The van der Waals surface area contributed by atoms with Crippen molar-refractivity contribution in [3.63, 3.8) is 0 Å². The molecular formula is C16H20N2O4S. The molecule has 7 heteroatoms. The van der Waals surface area contributed by atoms with Crippen molar-refractivity contribution < 1.29 is 19.0 Å². The van der Waals surface area contributed by atoms with E-state index in [4.69, 9.17) is 14.2 Å². The second kappa shape index (κ2) is 8.47. The Balaban J connectivity index is 2.23. The summed E-state index contributed by atoms with van der Waals surface area (Å²) < 4.78 is 17.8. The van der Waals surface area contributed by atoms with Crippen LogP contribution in [0.25, 0.3) is 0 Å². The smallest absolute Gasteiger partial charge is 0.338 e. The van der Waals surface area contributed by atoms with Gasteiger partial charge in [-0.05, 0) is 38.3 Å². The van der Waals surface area contributed by atoms with Gasteiger partial charge in [-0.25, -0.2) is 8.88 Å². The molecule has 0 aliphatic carbocycles. The first-order valence-corrected chi connectivity index (χ1v) is 7.85. The van der Waals surface area contributed by atoms with Crippen LogP contribution in [0.4, 0.5) is 0 Å². The highest BCUT2D eigenvalue weighted by Crippen LogP contribution is 2.25. The minimum absolute atomic E-state index is 0.150. The van der Waals surface area contributed by atoms with Gasteiger partial charge in [-0.2, -0.15) is 0 Å². The number of ether oxygens (including phenoxy) is 3. The molecule has 0 fully saturated rings. The molecule has 1 aromatic heterocycles. The van der Waals surface area contributed by atoms with Crippen LogP contribution >= 0.6 is 12.8 Å². The van der Waals surface area contributed by atoms with Gasteiger partial charge in [-0.3, -0.25) is 0 Å². The highest BCUT2D eigenvalue weighted by atomic mass is 32.1. The van der Waals surface area contributed by atoms with E-state index in [0.29, 0.717) is 36.0 Å². The fourth-order valence-electron chi connectivity index (χ4n) is 1.99. The summed E-state index contributed by atoms with van der Waals surface area (Å²) in [5.41, 5.74) is 1.08. The molecule has 0 bridgehead atoms. The number of nitrogens with zero attached hydrogens (tertiary/aromatic N) is 2. The van der Waals surface area contributed by atoms with Gasteiger partial charge in [0.25, 0.3) is 0 Å². The molecule has 2 rings (SSSR count). The van der Waals surface area contributed by atoms with Gasteiger partial charge < -0.3 is 14.2 Å². The second-order valence-corrected chi connectivity index (χ2v) is 5.12. The Hall–Kier alpha value is -2.15. The van der Waals surface area contributed by atoms with Crippen LogP contribution in [0.15, 0.2) is 30.5 Å². The van der Waals surface area contributed by atoms with Crippen molar-refractivity contribution in [2.75, 3.05) is 13.2 Å². The first-order chi connectivity index (χ1) is 11.2. The van der Waals surface area contributed by atoms with Crippen molar-refractivity contribution in [3.05, 3.63) is 41.6 Å². The summed E-state index contributed by atoms with van der Waals surface area (Å²) >= 11 is 4.06. The van der Waals surface area contributed by atoms with Crippen LogP contribution in [0.3, 0.4) is 0 Å². The summed E-state index contributed by atoms with van der Waals surface area (Å²) in [5, 5.41) is 4.03. The van der Waals surface area contributed by atoms with Crippen molar-refractivity contribution in [2.24, 2.45) is 0 Å². The Bertz CT molecular complexity index is 657. The lowest BCUT2D eigenvalue weighted by Gasteiger charge is -2.14. The Morgan fingerprint density at radius 2 is 2.09 bits per heavy atom. The number of esters is 1. The second-order valence-electron chi connectivity index (χ2n) is 4.71. The maximum atomic E-state index is 12.2. The molecule has 0 spiro atoms. The van der Waals surface area contributed by atoms with Crippen molar-refractivity contribution in [2.45, 2.75) is 26.9 Å². The van der Waals surface area contributed by atoms with Gasteiger partial charge in [0.1, 0.15) is 12.4 Å². The predicted octanol–water partition coefficient (Wildman–Crippen LogP) is 3.12. The topological polar surface area (TPSA) is 62.6 Å². The van der Waals surface area contributed by atoms with Gasteiger partial charge in [0.2, 0.25) is 5.88 Å². The van der Waals surface area contributed by atoms with Gasteiger partial charge in [0, 0.05) is 17.8 Å². The van der Waals surface area contributed by atoms with Crippen molar-refractivity contribution in [1.82, 2.24) is 9.19 Å². The molecule has 23 heavy (non-hydrogen) atoms. The van der Waals surface area contributed by atoms with E-state index in [0.717, 1.165) is 6.42 Å². The summed E-state index contributed by atoms with van der Waals surface area (Å²) in [7, 11) is 0.